The van der Waals surface area contributed by atoms with Crippen molar-refractivity contribution in [1.29, 1.82) is 0 Å². The second-order valence-electron chi connectivity index (χ2n) is 4.80. The van der Waals surface area contributed by atoms with E-state index in [0.29, 0.717) is 0 Å². The van der Waals surface area contributed by atoms with E-state index in [1.165, 1.54) is 0 Å². The van der Waals surface area contributed by atoms with Gasteiger partial charge in [-0.25, -0.2) is 4.57 Å². The summed E-state index contributed by atoms with van der Waals surface area (Å²) in [6, 6.07) is 0. The molecule has 0 aliphatic carbocycles. The Balaban J connectivity index is 2.86. The molecular formula is C9H19O4P. The fraction of sp³-hybridized carbons (Fsp3) is 1.00. The molecule has 1 rings (SSSR count). The molecule has 0 N–H and O–H groups in total. The Bertz CT molecular complexity index is 250. The highest BCUT2D eigenvalue weighted by atomic mass is 31.2. The Labute approximate surface area is 85.5 Å². The van der Waals surface area contributed by atoms with Crippen molar-refractivity contribution in [1.82, 2.24) is 0 Å². The Morgan fingerprint density at radius 2 is 1.43 bits per heavy atom. The molecule has 5 heteroatoms. The summed E-state index contributed by atoms with van der Waals surface area (Å²) in [6.07, 6.45) is -0.175. The molecule has 0 amide bonds. The van der Waals surface area contributed by atoms with Gasteiger partial charge in [0.2, 0.25) is 0 Å². The smallest absolute Gasteiger partial charge is 0.284 e. The third-order valence-electron chi connectivity index (χ3n) is 2.47. The molecule has 84 valence electrons. The molecule has 0 bridgehead atoms. The first-order chi connectivity index (χ1) is 6.08. The Hall–Kier alpha value is 0.110. The van der Waals surface area contributed by atoms with Gasteiger partial charge < -0.3 is 0 Å². The fourth-order valence-electron chi connectivity index (χ4n) is 1.10. The van der Waals surface area contributed by atoms with Crippen molar-refractivity contribution >= 4 is 7.82 Å². The van der Waals surface area contributed by atoms with Crippen LogP contribution >= 0.6 is 7.82 Å². The van der Waals surface area contributed by atoms with E-state index in [4.69, 9.17) is 13.6 Å². The molecule has 14 heavy (non-hydrogen) atoms. The van der Waals surface area contributed by atoms with Gasteiger partial charge in [-0.3, -0.25) is 13.6 Å². The van der Waals surface area contributed by atoms with E-state index < -0.39 is 19.0 Å². The molecule has 1 heterocycles. The predicted octanol–water partition coefficient (Wildman–Crippen LogP) is 3.12. The van der Waals surface area contributed by atoms with Gasteiger partial charge in [-0.15, -0.1) is 0 Å². The molecule has 1 fully saturated rings. The molecule has 0 atom stereocenters. The zero-order valence-corrected chi connectivity index (χ0v) is 10.6. The maximum atomic E-state index is 12.0. The molecule has 0 spiro atoms. The van der Waals surface area contributed by atoms with E-state index in [1.807, 2.05) is 27.7 Å². The molecule has 0 radical (unpaired) electrons. The summed E-state index contributed by atoms with van der Waals surface area (Å²) in [5.41, 5.74) is -1.20. The van der Waals surface area contributed by atoms with Gasteiger partial charge in [-0.05, 0) is 41.5 Å². The summed E-state index contributed by atoms with van der Waals surface area (Å²) in [6.45, 7) is 11.0. The van der Waals surface area contributed by atoms with E-state index in [2.05, 4.69) is 0 Å². The summed E-state index contributed by atoms with van der Waals surface area (Å²) in [5.74, 6) is 0. The van der Waals surface area contributed by atoms with E-state index >= 15 is 0 Å². The van der Waals surface area contributed by atoms with Gasteiger partial charge in [0.15, 0.2) is 0 Å². The lowest BCUT2D eigenvalue weighted by Gasteiger charge is -2.28. The zero-order chi connectivity index (χ0) is 11.2. The largest absolute Gasteiger partial charge is 0.476 e. The zero-order valence-electron chi connectivity index (χ0n) is 9.66. The van der Waals surface area contributed by atoms with Crippen molar-refractivity contribution in [2.24, 2.45) is 0 Å². The van der Waals surface area contributed by atoms with Gasteiger partial charge in [-0.2, -0.15) is 0 Å². The standard InChI is InChI=1S/C9H19O4P/c1-7(2)11-14(10)12-8(3,4)9(5,6)13-14/h7H,1-6H3. The molecule has 0 aromatic rings. The van der Waals surface area contributed by atoms with Crippen LogP contribution in [0, 0.1) is 0 Å². The first-order valence-corrected chi connectivity index (χ1v) is 6.24. The Morgan fingerprint density at radius 1 is 1.07 bits per heavy atom. The van der Waals surface area contributed by atoms with E-state index in [9.17, 15) is 4.57 Å². The minimum atomic E-state index is -3.37. The minimum Gasteiger partial charge on any atom is -0.284 e. The summed E-state index contributed by atoms with van der Waals surface area (Å²) >= 11 is 0. The van der Waals surface area contributed by atoms with E-state index in [0.717, 1.165) is 0 Å². The van der Waals surface area contributed by atoms with Gasteiger partial charge in [0.25, 0.3) is 0 Å². The van der Waals surface area contributed by atoms with Crippen LogP contribution in [0.1, 0.15) is 41.5 Å². The third-order valence-corrected chi connectivity index (χ3v) is 4.51. The van der Waals surface area contributed by atoms with Crippen LogP contribution in [0.5, 0.6) is 0 Å². The molecule has 1 aliphatic rings. The molecule has 0 aromatic heterocycles. The summed E-state index contributed by atoms with van der Waals surface area (Å²) in [5, 5.41) is 0. The number of phosphoric acid groups is 1. The van der Waals surface area contributed by atoms with E-state index in [1.54, 1.807) is 13.8 Å². The van der Waals surface area contributed by atoms with Crippen LogP contribution in [0.15, 0.2) is 0 Å². The van der Waals surface area contributed by atoms with Gasteiger partial charge in [0.1, 0.15) is 11.2 Å². The summed E-state index contributed by atoms with van der Waals surface area (Å²) < 4.78 is 27.9. The highest BCUT2D eigenvalue weighted by Gasteiger charge is 2.56. The number of rotatable bonds is 2. The molecule has 0 aromatic carbocycles. The van der Waals surface area contributed by atoms with Gasteiger partial charge in [0, 0.05) is 0 Å². The monoisotopic (exact) mass is 222 g/mol. The minimum absolute atomic E-state index is 0.175. The van der Waals surface area contributed by atoms with Crippen LogP contribution in [0.3, 0.4) is 0 Å². The van der Waals surface area contributed by atoms with Gasteiger partial charge in [0.05, 0.1) is 6.10 Å². The average molecular weight is 222 g/mol. The first-order valence-electron chi connectivity index (χ1n) is 4.78. The van der Waals surface area contributed by atoms with Crippen molar-refractivity contribution in [3.8, 4) is 0 Å². The van der Waals surface area contributed by atoms with Crippen LogP contribution in [0.4, 0.5) is 0 Å². The molecular weight excluding hydrogens is 203 g/mol. The lowest BCUT2D eigenvalue weighted by atomic mass is 9.90. The molecule has 0 unspecified atom stereocenters. The highest BCUT2D eigenvalue weighted by molar-refractivity contribution is 7.48. The SMILES string of the molecule is CC(C)OP1(=O)OC(C)(C)C(C)(C)O1. The Kier molecular flexibility index (Phi) is 2.88. The second-order valence-corrected chi connectivity index (χ2v) is 6.27. The first kappa shape index (κ1) is 12.2. The van der Waals surface area contributed by atoms with Crippen LogP contribution in [0.2, 0.25) is 0 Å². The third kappa shape index (κ3) is 2.19. The van der Waals surface area contributed by atoms with Crippen molar-refractivity contribution in [2.45, 2.75) is 58.8 Å². The maximum Gasteiger partial charge on any atom is 0.476 e. The maximum absolute atomic E-state index is 12.0. The number of phosphoric ester groups is 1. The second kappa shape index (κ2) is 3.31. The van der Waals surface area contributed by atoms with Crippen LogP contribution in [-0.2, 0) is 18.1 Å². The number of hydrogen-bond donors (Lipinski definition) is 0. The van der Waals surface area contributed by atoms with Crippen LogP contribution in [-0.4, -0.2) is 17.3 Å². The molecule has 4 nitrogen and oxygen atoms in total. The lowest BCUT2D eigenvalue weighted by molar-refractivity contribution is 0.00578. The van der Waals surface area contributed by atoms with Gasteiger partial charge in [-0.1, -0.05) is 0 Å². The molecule has 1 aliphatic heterocycles. The quantitative estimate of drug-likeness (QED) is 0.673. The van der Waals surface area contributed by atoms with Crippen molar-refractivity contribution < 1.29 is 18.1 Å². The van der Waals surface area contributed by atoms with E-state index in [-0.39, 0.29) is 6.10 Å². The van der Waals surface area contributed by atoms with Crippen LogP contribution in [0.25, 0.3) is 0 Å². The molecule has 0 saturated carbocycles. The summed E-state index contributed by atoms with van der Waals surface area (Å²) in [4.78, 5) is 0. The topological polar surface area (TPSA) is 44.8 Å². The fourth-order valence-corrected chi connectivity index (χ4v) is 3.30. The van der Waals surface area contributed by atoms with Crippen molar-refractivity contribution in [3.05, 3.63) is 0 Å². The average Bonchev–Trinajstić information content (AvgIpc) is 1.91. The predicted molar refractivity (Wildman–Crippen MR) is 54.2 cm³/mol. The van der Waals surface area contributed by atoms with Crippen molar-refractivity contribution in [2.75, 3.05) is 0 Å². The number of hydrogen-bond acceptors (Lipinski definition) is 4. The Morgan fingerprint density at radius 3 is 1.71 bits per heavy atom. The van der Waals surface area contributed by atoms with Gasteiger partial charge >= 0.3 is 7.82 Å². The lowest BCUT2D eigenvalue weighted by Crippen LogP contribution is -2.41. The highest BCUT2D eigenvalue weighted by Crippen LogP contribution is 2.64. The molecule has 1 saturated heterocycles. The normalized spacial score (nSPS) is 28.2. The summed E-state index contributed by atoms with van der Waals surface area (Å²) in [7, 11) is -3.37. The van der Waals surface area contributed by atoms with Crippen LogP contribution < -0.4 is 0 Å². The van der Waals surface area contributed by atoms with Crippen molar-refractivity contribution in [3.63, 3.8) is 0 Å².